The lowest BCUT2D eigenvalue weighted by molar-refractivity contribution is -0.147. The van der Waals surface area contributed by atoms with Crippen molar-refractivity contribution in [3.63, 3.8) is 0 Å². The van der Waals surface area contributed by atoms with Crippen LogP contribution in [0.25, 0.3) is 0 Å². The Balaban J connectivity index is 2.03. The van der Waals surface area contributed by atoms with Crippen LogP contribution in [-0.2, 0) is 9.53 Å². The normalized spacial score (nSPS) is 31.8. The molecule has 0 amide bonds. The molecule has 0 bridgehead atoms. The molecule has 0 spiro atoms. The number of likely N-dealkylation sites (tertiary alicyclic amines) is 1. The van der Waals surface area contributed by atoms with Gasteiger partial charge in [0.2, 0.25) is 0 Å². The molecule has 0 radical (unpaired) electrons. The lowest BCUT2D eigenvalue weighted by Gasteiger charge is -2.26. The monoisotopic (exact) mass is 240 g/mol. The van der Waals surface area contributed by atoms with Crippen molar-refractivity contribution in [1.29, 1.82) is 0 Å². The Morgan fingerprint density at radius 1 is 1.35 bits per heavy atom. The first-order valence-electron chi connectivity index (χ1n) is 6.53. The van der Waals surface area contributed by atoms with Gasteiger partial charge >= 0.3 is 5.97 Å². The van der Waals surface area contributed by atoms with E-state index >= 15 is 0 Å². The fraction of sp³-hybridized carbons (Fsp3) is 0.923. The van der Waals surface area contributed by atoms with Crippen LogP contribution < -0.4 is 0 Å². The van der Waals surface area contributed by atoms with E-state index in [2.05, 4.69) is 30.8 Å². The zero-order chi connectivity index (χ0) is 12.6. The topological polar surface area (TPSA) is 32.8 Å². The molecule has 2 aliphatic rings. The van der Waals surface area contributed by atoms with E-state index in [0.717, 1.165) is 13.1 Å². The first kappa shape index (κ1) is 12.8. The molecule has 4 heteroatoms. The molecule has 0 aromatic carbocycles. The van der Waals surface area contributed by atoms with Crippen LogP contribution in [0.5, 0.6) is 0 Å². The van der Waals surface area contributed by atoms with Gasteiger partial charge in [-0.1, -0.05) is 6.92 Å². The maximum absolute atomic E-state index is 11.9. The van der Waals surface area contributed by atoms with Gasteiger partial charge in [0.15, 0.2) is 0 Å². The highest BCUT2D eigenvalue weighted by molar-refractivity contribution is 5.76. The van der Waals surface area contributed by atoms with Gasteiger partial charge in [0, 0.05) is 19.1 Å². The zero-order valence-electron chi connectivity index (χ0n) is 11.3. The van der Waals surface area contributed by atoms with E-state index in [4.69, 9.17) is 4.74 Å². The van der Waals surface area contributed by atoms with Crippen molar-refractivity contribution in [3.05, 3.63) is 0 Å². The summed E-state index contributed by atoms with van der Waals surface area (Å²) in [7, 11) is 5.74. The lowest BCUT2D eigenvalue weighted by Crippen LogP contribution is -2.43. The minimum absolute atomic E-state index is 0.00685. The standard InChI is InChI=1S/C13H24N2O2/c1-9-7-15(8-11(9)14(2)3)12(10-5-6-10)13(16)17-4/h9-12H,5-8H2,1-4H3. The average molecular weight is 240 g/mol. The molecule has 1 aliphatic heterocycles. The van der Waals surface area contributed by atoms with E-state index in [0.29, 0.717) is 17.9 Å². The summed E-state index contributed by atoms with van der Waals surface area (Å²) in [5, 5.41) is 0. The minimum atomic E-state index is -0.0425. The number of rotatable bonds is 4. The maximum Gasteiger partial charge on any atom is 0.323 e. The van der Waals surface area contributed by atoms with Crippen molar-refractivity contribution in [3.8, 4) is 0 Å². The maximum atomic E-state index is 11.9. The first-order chi connectivity index (χ1) is 8.04. The van der Waals surface area contributed by atoms with Crippen LogP contribution >= 0.6 is 0 Å². The number of methoxy groups -OCH3 is 1. The Kier molecular flexibility index (Phi) is 3.73. The number of carbonyl (C=O) groups is 1. The third kappa shape index (κ3) is 2.63. The fourth-order valence-corrected chi connectivity index (χ4v) is 3.06. The van der Waals surface area contributed by atoms with Crippen LogP contribution in [0.2, 0.25) is 0 Å². The lowest BCUT2D eigenvalue weighted by atomic mass is 10.1. The second-order valence-electron chi connectivity index (χ2n) is 5.77. The van der Waals surface area contributed by atoms with Crippen LogP contribution in [-0.4, -0.2) is 62.1 Å². The summed E-state index contributed by atoms with van der Waals surface area (Å²) in [6.07, 6.45) is 2.36. The van der Waals surface area contributed by atoms with Gasteiger partial charge in [0.1, 0.15) is 6.04 Å². The van der Waals surface area contributed by atoms with Crippen molar-refractivity contribution in [2.75, 3.05) is 34.3 Å². The van der Waals surface area contributed by atoms with Crippen molar-refractivity contribution in [1.82, 2.24) is 9.80 Å². The van der Waals surface area contributed by atoms with Crippen molar-refractivity contribution in [2.24, 2.45) is 11.8 Å². The third-order valence-corrected chi connectivity index (χ3v) is 4.17. The highest BCUT2D eigenvalue weighted by atomic mass is 16.5. The molecule has 4 nitrogen and oxygen atoms in total. The molecule has 3 unspecified atom stereocenters. The Bertz CT molecular complexity index is 289. The van der Waals surface area contributed by atoms with Gasteiger partial charge in [-0.25, -0.2) is 0 Å². The van der Waals surface area contributed by atoms with Crippen molar-refractivity contribution < 1.29 is 9.53 Å². The van der Waals surface area contributed by atoms with Gasteiger partial charge < -0.3 is 9.64 Å². The van der Waals surface area contributed by atoms with Gasteiger partial charge in [-0.15, -0.1) is 0 Å². The van der Waals surface area contributed by atoms with Crippen LogP contribution in [0.3, 0.4) is 0 Å². The molecular weight excluding hydrogens is 216 g/mol. The summed E-state index contributed by atoms with van der Waals surface area (Å²) in [6.45, 7) is 4.27. The second-order valence-corrected chi connectivity index (χ2v) is 5.77. The van der Waals surface area contributed by atoms with Crippen LogP contribution in [0.4, 0.5) is 0 Å². The van der Waals surface area contributed by atoms with E-state index in [1.807, 2.05) is 0 Å². The van der Waals surface area contributed by atoms with Crippen LogP contribution in [0.1, 0.15) is 19.8 Å². The zero-order valence-corrected chi connectivity index (χ0v) is 11.3. The molecule has 2 rings (SSSR count). The predicted molar refractivity (Wildman–Crippen MR) is 66.7 cm³/mol. The number of ether oxygens (including phenoxy) is 1. The molecule has 1 saturated heterocycles. The predicted octanol–water partition coefficient (Wildman–Crippen LogP) is 0.820. The van der Waals surface area contributed by atoms with Crippen LogP contribution in [0.15, 0.2) is 0 Å². The molecule has 1 saturated carbocycles. The van der Waals surface area contributed by atoms with Gasteiger partial charge in [-0.2, -0.15) is 0 Å². The largest absolute Gasteiger partial charge is 0.468 e. The SMILES string of the molecule is COC(=O)C(C1CC1)N1CC(C)C(N(C)C)C1. The number of hydrogen-bond donors (Lipinski definition) is 0. The van der Waals surface area contributed by atoms with Gasteiger partial charge in [0.25, 0.3) is 0 Å². The molecule has 1 aliphatic carbocycles. The molecule has 3 atom stereocenters. The van der Waals surface area contributed by atoms with E-state index < -0.39 is 0 Å². The number of esters is 1. The number of nitrogens with zero attached hydrogens (tertiary/aromatic N) is 2. The summed E-state index contributed by atoms with van der Waals surface area (Å²) in [5.41, 5.74) is 0. The number of likely N-dealkylation sites (N-methyl/N-ethyl adjacent to an activating group) is 1. The fourth-order valence-electron chi connectivity index (χ4n) is 3.06. The second kappa shape index (κ2) is 4.94. The Labute approximate surface area is 104 Å². The van der Waals surface area contributed by atoms with E-state index in [1.54, 1.807) is 0 Å². The van der Waals surface area contributed by atoms with Crippen LogP contribution in [0, 0.1) is 11.8 Å². The van der Waals surface area contributed by atoms with Gasteiger partial charge in [-0.05, 0) is 38.8 Å². The molecule has 1 heterocycles. The molecule has 0 aromatic rings. The summed E-state index contributed by atoms with van der Waals surface area (Å²) in [4.78, 5) is 16.5. The Morgan fingerprint density at radius 3 is 2.41 bits per heavy atom. The summed E-state index contributed by atoms with van der Waals surface area (Å²) in [5.74, 6) is 1.12. The smallest absolute Gasteiger partial charge is 0.323 e. The quantitative estimate of drug-likeness (QED) is 0.681. The van der Waals surface area contributed by atoms with Crippen molar-refractivity contribution in [2.45, 2.75) is 31.8 Å². The highest BCUT2D eigenvalue weighted by Crippen LogP contribution is 2.38. The molecule has 2 fully saturated rings. The van der Waals surface area contributed by atoms with E-state index in [9.17, 15) is 4.79 Å². The number of hydrogen-bond acceptors (Lipinski definition) is 4. The average Bonchev–Trinajstić information content (AvgIpc) is 3.02. The molecular formula is C13H24N2O2. The molecule has 0 aromatic heterocycles. The molecule has 98 valence electrons. The van der Waals surface area contributed by atoms with Gasteiger partial charge in [-0.3, -0.25) is 9.69 Å². The Morgan fingerprint density at radius 2 is 2.00 bits per heavy atom. The molecule has 17 heavy (non-hydrogen) atoms. The third-order valence-electron chi connectivity index (χ3n) is 4.17. The minimum Gasteiger partial charge on any atom is -0.468 e. The van der Waals surface area contributed by atoms with E-state index in [-0.39, 0.29) is 12.0 Å². The summed E-state index contributed by atoms with van der Waals surface area (Å²) >= 11 is 0. The number of carbonyl (C=O) groups excluding carboxylic acids is 1. The Hall–Kier alpha value is -0.610. The molecule has 0 N–H and O–H groups in total. The van der Waals surface area contributed by atoms with Crippen molar-refractivity contribution >= 4 is 5.97 Å². The highest BCUT2D eigenvalue weighted by Gasteiger charge is 2.45. The van der Waals surface area contributed by atoms with E-state index in [1.165, 1.54) is 20.0 Å². The van der Waals surface area contributed by atoms with Gasteiger partial charge in [0.05, 0.1) is 7.11 Å². The summed E-state index contributed by atoms with van der Waals surface area (Å²) in [6, 6.07) is 0.563. The summed E-state index contributed by atoms with van der Waals surface area (Å²) < 4.78 is 4.96. The first-order valence-corrected chi connectivity index (χ1v) is 6.53.